The Kier molecular flexibility index (Phi) is 10.3. The van der Waals surface area contributed by atoms with Crippen LogP contribution in [0.4, 0.5) is 4.39 Å². The summed E-state index contributed by atoms with van der Waals surface area (Å²) in [6.45, 7) is 5.44. The largest absolute Gasteiger partial charge is 0.462 e. The van der Waals surface area contributed by atoms with Crippen LogP contribution in [0.15, 0.2) is 54.6 Å². The topological polar surface area (TPSA) is 46.5 Å². The van der Waals surface area contributed by atoms with Gasteiger partial charge in [-0.3, -0.25) is 0 Å². The summed E-state index contributed by atoms with van der Waals surface area (Å²) in [4.78, 5) is 11.5. The Morgan fingerprint density at radius 2 is 1.74 bits per heavy atom. The van der Waals surface area contributed by atoms with E-state index in [1.165, 1.54) is 56.9 Å². The molecular formula is C30H39FO3. The molecule has 0 radical (unpaired) electrons. The smallest absolute Gasteiger partial charge is 0.335 e. The van der Waals surface area contributed by atoms with Gasteiger partial charge in [-0.05, 0) is 78.7 Å². The van der Waals surface area contributed by atoms with Crippen molar-refractivity contribution < 1.29 is 19.0 Å². The van der Waals surface area contributed by atoms with Gasteiger partial charge in [-0.2, -0.15) is 0 Å². The fourth-order valence-electron chi connectivity index (χ4n) is 4.94. The lowest BCUT2D eigenvalue weighted by Crippen LogP contribution is -2.13. The van der Waals surface area contributed by atoms with Crippen LogP contribution in [0.25, 0.3) is 11.1 Å². The number of unbranched alkanes of at least 4 members (excludes halogenated alkanes) is 2. The van der Waals surface area contributed by atoms with Crippen LogP contribution in [-0.2, 0) is 16.0 Å². The van der Waals surface area contributed by atoms with Crippen molar-refractivity contribution in [2.45, 2.75) is 77.0 Å². The van der Waals surface area contributed by atoms with Crippen LogP contribution in [0.5, 0.6) is 0 Å². The number of aryl methyl sites for hydroxylation is 1. The third kappa shape index (κ3) is 7.53. The zero-order valence-corrected chi connectivity index (χ0v) is 20.5. The third-order valence-corrected chi connectivity index (χ3v) is 7.13. The molecule has 3 rings (SSSR count). The minimum atomic E-state index is -0.609. The van der Waals surface area contributed by atoms with E-state index < -0.39 is 12.6 Å². The SMILES string of the molecule is C=C(CO)C(=O)OCCCc1ccc(-c2ccc(C3CCC(CCCCC)CC3)cc2)cc1F. The predicted octanol–water partition coefficient (Wildman–Crippen LogP) is 7.37. The first-order chi connectivity index (χ1) is 16.5. The Morgan fingerprint density at radius 1 is 1.03 bits per heavy atom. The molecule has 0 bridgehead atoms. The maximum Gasteiger partial charge on any atom is 0.335 e. The molecular weight excluding hydrogens is 427 g/mol. The van der Waals surface area contributed by atoms with E-state index in [0.29, 0.717) is 24.3 Å². The number of carbonyl (C=O) groups excluding carboxylic acids is 1. The van der Waals surface area contributed by atoms with E-state index in [2.05, 4.69) is 37.8 Å². The number of halogens is 1. The van der Waals surface area contributed by atoms with E-state index in [-0.39, 0.29) is 18.0 Å². The van der Waals surface area contributed by atoms with Crippen molar-refractivity contribution in [2.75, 3.05) is 13.2 Å². The molecule has 0 spiro atoms. The fraction of sp³-hybridized carbons (Fsp3) is 0.500. The number of hydrogen-bond acceptors (Lipinski definition) is 3. The van der Waals surface area contributed by atoms with Crippen LogP contribution in [0, 0.1) is 11.7 Å². The first-order valence-electron chi connectivity index (χ1n) is 12.9. The summed E-state index contributed by atoms with van der Waals surface area (Å²) in [5, 5.41) is 8.87. The summed E-state index contributed by atoms with van der Waals surface area (Å²) in [6, 6.07) is 14.0. The Balaban J connectivity index is 1.49. The highest BCUT2D eigenvalue weighted by atomic mass is 19.1. The van der Waals surface area contributed by atoms with E-state index in [0.717, 1.165) is 17.0 Å². The van der Waals surface area contributed by atoms with Crippen molar-refractivity contribution in [3.63, 3.8) is 0 Å². The second kappa shape index (κ2) is 13.4. The maximum atomic E-state index is 14.7. The summed E-state index contributed by atoms with van der Waals surface area (Å²) in [5.41, 5.74) is 3.94. The summed E-state index contributed by atoms with van der Waals surface area (Å²) >= 11 is 0. The van der Waals surface area contributed by atoms with Gasteiger partial charge in [0.05, 0.1) is 18.8 Å². The van der Waals surface area contributed by atoms with Crippen LogP contribution in [-0.4, -0.2) is 24.3 Å². The number of esters is 1. The van der Waals surface area contributed by atoms with Gasteiger partial charge in [-0.25, -0.2) is 9.18 Å². The molecule has 0 aliphatic heterocycles. The molecule has 0 amide bonds. The van der Waals surface area contributed by atoms with Crippen molar-refractivity contribution in [3.05, 3.63) is 71.6 Å². The molecule has 34 heavy (non-hydrogen) atoms. The lowest BCUT2D eigenvalue weighted by molar-refractivity contribution is -0.139. The fourth-order valence-corrected chi connectivity index (χ4v) is 4.94. The molecule has 1 fully saturated rings. The molecule has 0 aromatic heterocycles. The Morgan fingerprint density at radius 3 is 2.38 bits per heavy atom. The van der Waals surface area contributed by atoms with Crippen molar-refractivity contribution >= 4 is 5.97 Å². The van der Waals surface area contributed by atoms with E-state index in [1.807, 2.05) is 12.1 Å². The quantitative estimate of drug-likeness (QED) is 0.202. The molecule has 3 nitrogen and oxygen atoms in total. The minimum Gasteiger partial charge on any atom is -0.462 e. The molecule has 1 aliphatic rings. The zero-order valence-electron chi connectivity index (χ0n) is 20.5. The molecule has 0 atom stereocenters. The van der Waals surface area contributed by atoms with Gasteiger partial charge < -0.3 is 9.84 Å². The number of aliphatic hydroxyl groups excluding tert-OH is 1. The third-order valence-electron chi connectivity index (χ3n) is 7.13. The average Bonchev–Trinajstić information content (AvgIpc) is 2.87. The molecule has 4 heteroatoms. The van der Waals surface area contributed by atoms with E-state index in [1.54, 1.807) is 6.07 Å². The molecule has 0 saturated heterocycles. The Labute approximate surface area is 204 Å². The van der Waals surface area contributed by atoms with Crippen LogP contribution in [0.2, 0.25) is 0 Å². The normalized spacial score (nSPS) is 18.0. The second-order valence-electron chi connectivity index (χ2n) is 9.64. The maximum absolute atomic E-state index is 14.7. The first-order valence-corrected chi connectivity index (χ1v) is 12.9. The van der Waals surface area contributed by atoms with Gasteiger partial charge in [-0.1, -0.05) is 75.6 Å². The summed E-state index contributed by atoms with van der Waals surface area (Å²) in [5.74, 6) is 0.714. The van der Waals surface area contributed by atoms with Crippen LogP contribution >= 0.6 is 0 Å². The molecule has 184 valence electrons. The molecule has 1 aliphatic carbocycles. The van der Waals surface area contributed by atoms with Gasteiger partial charge >= 0.3 is 5.97 Å². The molecule has 0 unspecified atom stereocenters. The molecule has 2 aromatic rings. The Bertz CT molecular complexity index is 927. The van der Waals surface area contributed by atoms with Crippen molar-refractivity contribution in [1.82, 2.24) is 0 Å². The van der Waals surface area contributed by atoms with Gasteiger partial charge in [0.1, 0.15) is 5.82 Å². The van der Waals surface area contributed by atoms with Crippen molar-refractivity contribution in [3.8, 4) is 11.1 Å². The monoisotopic (exact) mass is 466 g/mol. The highest BCUT2D eigenvalue weighted by Crippen LogP contribution is 2.38. The highest BCUT2D eigenvalue weighted by Gasteiger charge is 2.22. The van der Waals surface area contributed by atoms with Gasteiger partial charge in [0.2, 0.25) is 0 Å². The van der Waals surface area contributed by atoms with Crippen LogP contribution < -0.4 is 0 Å². The summed E-state index contributed by atoms with van der Waals surface area (Å²) in [6.07, 6.45) is 11.7. The number of hydrogen-bond donors (Lipinski definition) is 1. The Hall–Kier alpha value is -2.46. The number of rotatable bonds is 12. The number of benzene rings is 2. The average molecular weight is 467 g/mol. The number of carbonyl (C=O) groups is 1. The summed E-state index contributed by atoms with van der Waals surface area (Å²) < 4.78 is 19.7. The minimum absolute atomic E-state index is 0.0247. The van der Waals surface area contributed by atoms with Crippen molar-refractivity contribution in [1.29, 1.82) is 0 Å². The van der Waals surface area contributed by atoms with Crippen LogP contribution in [0.1, 0.15) is 81.8 Å². The lowest BCUT2D eigenvalue weighted by atomic mass is 9.77. The molecule has 2 aromatic carbocycles. The van der Waals surface area contributed by atoms with E-state index in [9.17, 15) is 9.18 Å². The standard InChI is InChI=1S/C30H39FO3/c1-3-4-5-7-23-9-11-24(12-10-23)25-13-15-26(16-14-25)28-18-17-27(29(31)20-28)8-6-19-34-30(33)22(2)21-32/h13-18,20,23-24,32H,2-12,19,21H2,1H3. The molecule has 1 N–H and O–H groups in total. The number of aliphatic hydroxyl groups is 1. The first kappa shape index (κ1) is 26.2. The molecule has 0 heterocycles. The highest BCUT2D eigenvalue weighted by molar-refractivity contribution is 5.87. The van der Waals surface area contributed by atoms with Gasteiger partial charge in [0.25, 0.3) is 0 Å². The van der Waals surface area contributed by atoms with Crippen molar-refractivity contribution in [2.24, 2.45) is 5.92 Å². The summed E-state index contributed by atoms with van der Waals surface area (Å²) in [7, 11) is 0. The van der Waals surface area contributed by atoms with Gasteiger partial charge in [0.15, 0.2) is 0 Å². The van der Waals surface area contributed by atoms with Gasteiger partial charge in [-0.15, -0.1) is 0 Å². The van der Waals surface area contributed by atoms with E-state index >= 15 is 0 Å². The van der Waals surface area contributed by atoms with E-state index in [4.69, 9.17) is 9.84 Å². The van der Waals surface area contributed by atoms with Gasteiger partial charge in [0, 0.05) is 0 Å². The predicted molar refractivity (Wildman–Crippen MR) is 136 cm³/mol. The van der Waals surface area contributed by atoms with Crippen LogP contribution in [0.3, 0.4) is 0 Å². The lowest BCUT2D eigenvalue weighted by Gasteiger charge is -2.29. The second-order valence-corrected chi connectivity index (χ2v) is 9.64. The molecule has 1 saturated carbocycles. The number of ether oxygens (including phenoxy) is 1. The zero-order chi connectivity index (χ0) is 24.3.